The number of carbonyl (C=O) groups excluding carboxylic acids is 2. The van der Waals surface area contributed by atoms with Crippen LogP contribution in [0.4, 0.5) is 8.78 Å². The van der Waals surface area contributed by atoms with Crippen molar-refractivity contribution < 1.29 is 18.4 Å². The van der Waals surface area contributed by atoms with Crippen molar-refractivity contribution in [1.29, 1.82) is 5.26 Å². The van der Waals surface area contributed by atoms with Crippen molar-refractivity contribution in [2.75, 3.05) is 13.1 Å². The molecule has 1 fully saturated rings. The number of halogens is 3. The lowest BCUT2D eigenvalue weighted by molar-refractivity contribution is -0.139. The van der Waals surface area contributed by atoms with Gasteiger partial charge in [0.15, 0.2) is 0 Å². The van der Waals surface area contributed by atoms with Crippen LogP contribution in [0.1, 0.15) is 34.3 Å². The number of nitrogens with one attached hydrogen (secondary N) is 1. The number of rotatable bonds is 5. The largest absolute Gasteiger partial charge is 0.343 e. The molecule has 3 rings (SSSR count). The molecule has 1 N–H and O–H groups in total. The number of hydrogen-bond donors (Lipinski definition) is 1. The highest BCUT2D eigenvalue weighted by Gasteiger charge is 2.42. The summed E-state index contributed by atoms with van der Waals surface area (Å²) in [7, 11) is 0. The maximum Gasteiger partial charge on any atom is 0.252 e. The van der Waals surface area contributed by atoms with Crippen molar-refractivity contribution in [2.45, 2.75) is 24.8 Å². The number of nitrogens with zero attached hydrogens (tertiary/aromatic N) is 3. The van der Waals surface area contributed by atoms with Crippen LogP contribution in [0.25, 0.3) is 12.2 Å². The number of pyridine rings is 1. The molecular weight excluding hydrogens is 426 g/mol. The second-order valence-electron chi connectivity index (χ2n) is 7.07. The van der Waals surface area contributed by atoms with Gasteiger partial charge in [-0.2, -0.15) is 5.26 Å². The Hall–Kier alpha value is -3.31. The van der Waals surface area contributed by atoms with Crippen molar-refractivity contribution in [3.63, 3.8) is 0 Å². The number of nitriles is 1. The predicted molar refractivity (Wildman–Crippen MR) is 112 cm³/mol. The molecule has 2 aromatic rings. The van der Waals surface area contributed by atoms with Gasteiger partial charge < -0.3 is 10.2 Å². The van der Waals surface area contributed by atoms with Crippen LogP contribution in [0, 0.1) is 11.3 Å². The molecule has 1 aromatic carbocycles. The van der Waals surface area contributed by atoms with E-state index >= 15 is 0 Å². The molecule has 2 amide bonds. The van der Waals surface area contributed by atoms with Gasteiger partial charge in [0.2, 0.25) is 5.91 Å². The van der Waals surface area contributed by atoms with Crippen molar-refractivity contribution in [3.8, 4) is 6.07 Å². The van der Waals surface area contributed by atoms with Crippen LogP contribution >= 0.6 is 11.6 Å². The second-order valence-corrected chi connectivity index (χ2v) is 7.51. The average Bonchev–Trinajstić information content (AvgIpc) is 2.76. The van der Waals surface area contributed by atoms with E-state index in [4.69, 9.17) is 16.9 Å². The lowest BCUT2D eigenvalue weighted by Gasteiger charge is -2.35. The Morgan fingerprint density at radius 2 is 2.03 bits per heavy atom. The number of alkyl halides is 2. The Morgan fingerprint density at radius 1 is 1.29 bits per heavy atom. The van der Waals surface area contributed by atoms with E-state index < -0.39 is 43.2 Å². The van der Waals surface area contributed by atoms with E-state index in [-0.39, 0.29) is 6.54 Å². The number of amides is 2. The Labute approximate surface area is 183 Å². The third-order valence-electron chi connectivity index (χ3n) is 4.88. The van der Waals surface area contributed by atoms with E-state index in [1.165, 1.54) is 18.5 Å². The van der Waals surface area contributed by atoms with Crippen LogP contribution in [0.5, 0.6) is 0 Å². The second kappa shape index (κ2) is 9.67. The molecule has 0 aliphatic carbocycles. The van der Waals surface area contributed by atoms with Crippen LogP contribution in [-0.4, -0.2) is 46.8 Å². The summed E-state index contributed by atoms with van der Waals surface area (Å²) in [6.45, 7) is -0.629. The van der Waals surface area contributed by atoms with Crippen molar-refractivity contribution >= 4 is 35.6 Å². The highest BCUT2D eigenvalue weighted by molar-refractivity contribution is 6.30. The van der Waals surface area contributed by atoms with Crippen LogP contribution in [0.15, 0.2) is 42.7 Å². The van der Waals surface area contributed by atoms with Crippen LogP contribution < -0.4 is 5.32 Å². The van der Waals surface area contributed by atoms with E-state index in [0.717, 1.165) is 10.5 Å². The fourth-order valence-electron chi connectivity index (χ4n) is 3.21. The molecular formula is C22H19ClF2N4O2. The normalized spacial score (nSPS) is 17.9. The van der Waals surface area contributed by atoms with Crippen molar-refractivity contribution in [2.24, 2.45) is 0 Å². The van der Waals surface area contributed by atoms with Gasteiger partial charge in [-0.3, -0.25) is 14.6 Å². The quantitative estimate of drug-likeness (QED) is 0.760. The Balaban J connectivity index is 1.65. The van der Waals surface area contributed by atoms with E-state index in [0.29, 0.717) is 16.1 Å². The number of benzene rings is 1. The molecule has 1 aromatic heterocycles. The van der Waals surface area contributed by atoms with Gasteiger partial charge in [0.25, 0.3) is 11.8 Å². The van der Waals surface area contributed by atoms with E-state index in [9.17, 15) is 18.4 Å². The van der Waals surface area contributed by atoms with Gasteiger partial charge in [-0.1, -0.05) is 35.9 Å². The van der Waals surface area contributed by atoms with E-state index in [2.05, 4.69) is 10.3 Å². The predicted octanol–water partition coefficient (Wildman–Crippen LogP) is 3.79. The molecule has 1 atom stereocenters. The first-order chi connectivity index (χ1) is 14.8. The minimum absolute atomic E-state index is 0.232. The SMILES string of the molecule is N#CC1CC(F)(F)CCN1C(=O)CNC(=O)c1ccncc1C=Cc1ccc(Cl)cc1. The highest BCUT2D eigenvalue weighted by Crippen LogP contribution is 2.31. The molecule has 0 spiro atoms. The van der Waals surface area contributed by atoms with Crippen LogP contribution in [0.3, 0.4) is 0 Å². The molecule has 31 heavy (non-hydrogen) atoms. The van der Waals surface area contributed by atoms with Gasteiger partial charge in [0, 0.05) is 47.9 Å². The van der Waals surface area contributed by atoms with E-state index in [1.54, 1.807) is 30.4 Å². The molecule has 1 aliphatic heterocycles. The van der Waals surface area contributed by atoms with E-state index in [1.807, 2.05) is 12.1 Å². The summed E-state index contributed by atoms with van der Waals surface area (Å²) in [6, 6.07) is 9.17. The monoisotopic (exact) mass is 444 g/mol. The smallest absolute Gasteiger partial charge is 0.252 e. The Kier molecular flexibility index (Phi) is 6.98. The summed E-state index contributed by atoms with van der Waals surface area (Å²) in [6.07, 6.45) is 5.27. The number of aromatic nitrogens is 1. The van der Waals surface area contributed by atoms with Gasteiger partial charge in [0.1, 0.15) is 6.04 Å². The summed E-state index contributed by atoms with van der Waals surface area (Å²) in [5.74, 6) is -4.06. The third-order valence-corrected chi connectivity index (χ3v) is 5.13. The first kappa shape index (κ1) is 22.4. The average molecular weight is 445 g/mol. The van der Waals surface area contributed by atoms with Crippen molar-refractivity contribution in [3.05, 3.63) is 64.4 Å². The third kappa shape index (κ3) is 5.86. The Bertz CT molecular complexity index is 1030. The van der Waals surface area contributed by atoms with Gasteiger partial charge in [-0.25, -0.2) is 8.78 Å². The topological polar surface area (TPSA) is 86.1 Å². The Morgan fingerprint density at radius 3 is 2.74 bits per heavy atom. The zero-order valence-corrected chi connectivity index (χ0v) is 17.1. The van der Waals surface area contributed by atoms with Crippen molar-refractivity contribution in [1.82, 2.24) is 15.2 Å². The van der Waals surface area contributed by atoms with Gasteiger partial charge in [-0.15, -0.1) is 0 Å². The van der Waals surface area contributed by atoms with Gasteiger partial charge in [-0.05, 0) is 23.8 Å². The zero-order chi connectivity index (χ0) is 22.4. The maximum absolute atomic E-state index is 13.5. The summed E-state index contributed by atoms with van der Waals surface area (Å²) in [4.78, 5) is 30.1. The maximum atomic E-state index is 13.5. The van der Waals surface area contributed by atoms with Crippen LogP contribution in [-0.2, 0) is 4.79 Å². The lowest BCUT2D eigenvalue weighted by atomic mass is 9.99. The molecule has 1 saturated heterocycles. The molecule has 0 radical (unpaired) electrons. The molecule has 0 bridgehead atoms. The summed E-state index contributed by atoms with van der Waals surface area (Å²) in [5.41, 5.74) is 1.71. The first-order valence-electron chi connectivity index (χ1n) is 9.52. The number of hydrogen-bond acceptors (Lipinski definition) is 4. The van der Waals surface area contributed by atoms with Gasteiger partial charge in [0.05, 0.1) is 12.6 Å². The van der Waals surface area contributed by atoms with Crippen LogP contribution in [0.2, 0.25) is 5.02 Å². The molecule has 0 saturated carbocycles. The highest BCUT2D eigenvalue weighted by atomic mass is 35.5. The standard InChI is InChI=1S/C22H19ClF2N4O2/c23-17-5-2-15(3-6-17)1-4-16-13-27-9-7-19(16)21(31)28-14-20(30)29-10-8-22(24,25)11-18(29)12-26/h1-7,9,13,18H,8,10-11,14H2,(H,28,31). The summed E-state index contributed by atoms with van der Waals surface area (Å²) >= 11 is 5.87. The summed E-state index contributed by atoms with van der Waals surface area (Å²) in [5, 5.41) is 12.2. The minimum Gasteiger partial charge on any atom is -0.343 e. The molecule has 1 aliphatic rings. The number of carbonyl (C=O) groups is 2. The molecule has 160 valence electrons. The molecule has 2 heterocycles. The number of likely N-dealkylation sites (tertiary alicyclic amines) is 1. The molecule has 6 nitrogen and oxygen atoms in total. The fraction of sp³-hybridized carbons (Fsp3) is 0.273. The molecule has 1 unspecified atom stereocenters. The number of piperidine rings is 1. The fourth-order valence-corrected chi connectivity index (χ4v) is 3.33. The van der Waals surface area contributed by atoms with Gasteiger partial charge >= 0.3 is 0 Å². The first-order valence-corrected chi connectivity index (χ1v) is 9.90. The lowest BCUT2D eigenvalue weighted by Crippen LogP contribution is -2.51. The summed E-state index contributed by atoms with van der Waals surface area (Å²) < 4.78 is 27.0. The zero-order valence-electron chi connectivity index (χ0n) is 16.4. The molecule has 9 heteroatoms. The minimum atomic E-state index is -2.97.